The number of amides is 1. The van der Waals surface area contributed by atoms with Crippen molar-refractivity contribution >= 4 is 11.9 Å². The third-order valence-corrected chi connectivity index (χ3v) is 3.76. The Morgan fingerprint density at radius 2 is 1.92 bits per heavy atom. The van der Waals surface area contributed by atoms with Gasteiger partial charge in [0.2, 0.25) is 0 Å². The van der Waals surface area contributed by atoms with Crippen molar-refractivity contribution in [1.29, 1.82) is 0 Å². The lowest BCUT2D eigenvalue weighted by Gasteiger charge is -2.20. The molecule has 7 heteroatoms. The summed E-state index contributed by atoms with van der Waals surface area (Å²) in [6, 6.07) is 11.4. The van der Waals surface area contributed by atoms with Crippen molar-refractivity contribution in [3.8, 4) is 17.2 Å². The van der Waals surface area contributed by atoms with Crippen LogP contribution in [0.15, 0.2) is 42.5 Å². The van der Waals surface area contributed by atoms with Crippen LogP contribution in [-0.4, -0.2) is 36.7 Å². The second-order valence-corrected chi connectivity index (χ2v) is 5.75. The maximum Gasteiger partial charge on any atom is 0.308 e. The molecule has 0 radical (unpaired) electrons. The van der Waals surface area contributed by atoms with Gasteiger partial charge in [0.05, 0.1) is 6.10 Å². The highest BCUT2D eigenvalue weighted by Gasteiger charge is 2.16. The molecule has 0 saturated carbocycles. The normalized spacial score (nSPS) is 13.6. The Hall–Kier alpha value is -3.06. The van der Waals surface area contributed by atoms with Crippen LogP contribution in [0.2, 0.25) is 0 Å². The summed E-state index contributed by atoms with van der Waals surface area (Å²) in [4.78, 5) is 23.2. The molecule has 7 nitrogen and oxygen atoms in total. The molecular weight excluding hydrogens is 338 g/mol. The SMILES string of the molecule is CC(=O)Oc1cccc(C(=O)NCC(O)c2ccc3c(c2)OCCO3)c1. The zero-order valence-electron chi connectivity index (χ0n) is 14.2. The molecular formula is C19H19NO6. The summed E-state index contributed by atoms with van der Waals surface area (Å²) in [7, 11) is 0. The number of carbonyl (C=O) groups excluding carboxylic acids is 2. The van der Waals surface area contributed by atoms with E-state index in [-0.39, 0.29) is 18.2 Å². The predicted molar refractivity (Wildman–Crippen MR) is 92.5 cm³/mol. The van der Waals surface area contributed by atoms with Crippen LogP contribution in [0.4, 0.5) is 0 Å². The number of carbonyl (C=O) groups is 2. The van der Waals surface area contributed by atoms with Gasteiger partial charge in [-0.2, -0.15) is 0 Å². The van der Waals surface area contributed by atoms with Gasteiger partial charge in [-0.05, 0) is 35.9 Å². The van der Waals surface area contributed by atoms with Crippen LogP contribution in [0.1, 0.15) is 28.9 Å². The van der Waals surface area contributed by atoms with E-state index in [0.717, 1.165) is 0 Å². The number of rotatable bonds is 5. The number of aliphatic hydroxyl groups excluding tert-OH is 1. The van der Waals surface area contributed by atoms with Crippen LogP contribution in [0.3, 0.4) is 0 Å². The molecule has 136 valence electrons. The Balaban J connectivity index is 1.61. The number of hydrogen-bond acceptors (Lipinski definition) is 6. The van der Waals surface area contributed by atoms with Crippen LogP contribution in [0.5, 0.6) is 17.2 Å². The number of hydrogen-bond donors (Lipinski definition) is 2. The predicted octanol–water partition coefficient (Wildman–Crippen LogP) is 1.85. The molecule has 0 bridgehead atoms. The van der Waals surface area contributed by atoms with E-state index in [1.165, 1.54) is 13.0 Å². The maximum atomic E-state index is 12.2. The standard InChI is InChI=1S/C19H19NO6/c1-12(21)26-15-4-2-3-14(9-15)19(23)20-11-16(22)13-5-6-17-18(10-13)25-8-7-24-17/h2-6,9-10,16,22H,7-8,11H2,1H3,(H,20,23). The van der Waals surface area contributed by atoms with Gasteiger partial charge >= 0.3 is 5.97 Å². The number of esters is 1. The summed E-state index contributed by atoms with van der Waals surface area (Å²) >= 11 is 0. The molecule has 3 rings (SSSR count). The zero-order chi connectivity index (χ0) is 18.5. The summed E-state index contributed by atoms with van der Waals surface area (Å²) in [5.74, 6) is 0.663. The van der Waals surface area contributed by atoms with Crippen molar-refractivity contribution in [2.75, 3.05) is 19.8 Å². The first kappa shape index (κ1) is 17.8. The molecule has 1 aliphatic rings. The molecule has 0 aromatic heterocycles. The Bertz CT molecular complexity index is 819. The van der Waals surface area contributed by atoms with Crippen molar-refractivity contribution in [2.24, 2.45) is 0 Å². The third kappa shape index (κ3) is 4.31. The minimum atomic E-state index is -0.897. The van der Waals surface area contributed by atoms with Crippen LogP contribution in [-0.2, 0) is 4.79 Å². The molecule has 2 aromatic rings. The van der Waals surface area contributed by atoms with E-state index < -0.39 is 12.1 Å². The summed E-state index contributed by atoms with van der Waals surface area (Å²) in [5.41, 5.74) is 0.946. The Morgan fingerprint density at radius 1 is 1.15 bits per heavy atom. The smallest absolute Gasteiger partial charge is 0.308 e. The van der Waals surface area contributed by atoms with Crippen molar-refractivity contribution in [3.05, 3.63) is 53.6 Å². The van der Waals surface area contributed by atoms with E-state index in [1.807, 2.05) is 0 Å². The van der Waals surface area contributed by atoms with Crippen molar-refractivity contribution < 1.29 is 28.9 Å². The van der Waals surface area contributed by atoms with E-state index in [4.69, 9.17) is 14.2 Å². The van der Waals surface area contributed by atoms with Gasteiger partial charge in [-0.1, -0.05) is 12.1 Å². The molecule has 1 aliphatic heterocycles. The Labute approximate surface area is 150 Å². The lowest BCUT2D eigenvalue weighted by molar-refractivity contribution is -0.131. The fraction of sp³-hybridized carbons (Fsp3) is 0.263. The van der Waals surface area contributed by atoms with Gasteiger partial charge in [0.1, 0.15) is 19.0 Å². The van der Waals surface area contributed by atoms with Gasteiger partial charge < -0.3 is 24.6 Å². The molecule has 1 atom stereocenters. The lowest BCUT2D eigenvalue weighted by Crippen LogP contribution is -2.28. The Kier molecular flexibility index (Phi) is 5.38. The van der Waals surface area contributed by atoms with Crippen LogP contribution in [0, 0.1) is 0 Å². The summed E-state index contributed by atoms with van der Waals surface area (Å²) in [5, 5.41) is 13.0. The van der Waals surface area contributed by atoms with Crippen molar-refractivity contribution in [1.82, 2.24) is 5.32 Å². The highest BCUT2D eigenvalue weighted by molar-refractivity contribution is 5.94. The minimum absolute atomic E-state index is 0.0241. The summed E-state index contributed by atoms with van der Waals surface area (Å²) in [6.45, 7) is 2.27. The van der Waals surface area contributed by atoms with E-state index in [0.29, 0.717) is 35.8 Å². The van der Waals surface area contributed by atoms with E-state index in [2.05, 4.69) is 5.32 Å². The van der Waals surface area contributed by atoms with Gasteiger partial charge in [-0.25, -0.2) is 0 Å². The monoisotopic (exact) mass is 357 g/mol. The molecule has 0 fully saturated rings. The molecule has 2 aromatic carbocycles. The highest BCUT2D eigenvalue weighted by atomic mass is 16.6. The topological polar surface area (TPSA) is 94.1 Å². The molecule has 0 saturated heterocycles. The first-order valence-corrected chi connectivity index (χ1v) is 8.17. The number of aliphatic hydroxyl groups is 1. The third-order valence-electron chi connectivity index (χ3n) is 3.76. The van der Waals surface area contributed by atoms with E-state index in [1.54, 1.807) is 36.4 Å². The number of benzene rings is 2. The molecule has 1 unspecified atom stereocenters. The second kappa shape index (κ2) is 7.88. The quantitative estimate of drug-likeness (QED) is 0.626. The molecule has 1 heterocycles. The second-order valence-electron chi connectivity index (χ2n) is 5.75. The highest BCUT2D eigenvalue weighted by Crippen LogP contribution is 2.32. The fourth-order valence-electron chi connectivity index (χ4n) is 2.54. The van der Waals surface area contributed by atoms with Crippen molar-refractivity contribution in [2.45, 2.75) is 13.0 Å². The molecule has 2 N–H and O–H groups in total. The largest absolute Gasteiger partial charge is 0.486 e. The van der Waals surface area contributed by atoms with E-state index >= 15 is 0 Å². The molecule has 26 heavy (non-hydrogen) atoms. The summed E-state index contributed by atoms with van der Waals surface area (Å²) < 4.78 is 15.9. The van der Waals surface area contributed by atoms with Crippen LogP contribution < -0.4 is 19.5 Å². The van der Waals surface area contributed by atoms with Gasteiger partial charge in [-0.3, -0.25) is 9.59 Å². The molecule has 0 aliphatic carbocycles. The number of ether oxygens (including phenoxy) is 3. The number of fused-ring (bicyclic) bond motifs is 1. The minimum Gasteiger partial charge on any atom is -0.486 e. The van der Waals surface area contributed by atoms with Crippen molar-refractivity contribution in [3.63, 3.8) is 0 Å². The van der Waals surface area contributed by atoms with Gasteiger partial charge in [0.25, 0.3) is 5.91 Å². The fourth-order valence-corrected chi connectivity index (χ4v) is 2.54. The average Bonchev–Trinajstić information content (AvgIpc) is 2.65. The zero-order valence-corrected chi connectivity index (χ0v) is 14.2. The first-order chi connectivity index (χ1) is 12.5. The number of nitrogens with one attached hydrogen (secondary N) is 1. The Morgan fingerprint density at radius 3 is 2.69 bits per heavy atom. The summed E-state index contributed by atoms with van der Waals surface area (Å²) in [6.07, 6.45) is -0.897. The first-order valence-electron chi connectivity index (χ1n) is 8.17. The van der Waals surface area contributed by atoms with Crippen LogP contribution >= 0.6 is 0 Å². The molecule has 1 amide bonds. The van der Waals surface area contributed by atoms with Gasteiger partial charge in [-0.15, -0.1) is 0 Å². The molecule has 0 spiro atoms. The average molecular weight is 357 g/mol. The van der Waals surface area contributed by atoms with Gasteiger partial charge in [0.15, 0.2) is 11.5 Å². The maximum absolute atomic E-state index is 12.2. The van der Waals surface area contributed by atoms with Gasteiger partial charge in [0, 0.05) is 19.0 Å². The van der Waals surface area contributed by atoms with E-state index in [9.17, 15) is 14.7 Å². The lowest BCUT2D eigenvalue weighted by atomic mass is 10.1. The van der Waals surface area contributed by atoms with Crippen LogP contribution in [0.25, 0.3) is 0 Å².